The molecule has 20 heavy (non-hydrogen) atoms. The smallest absolute Gasteiger partial charge is 0.331 e. The van der Waals surface area contributed by atoms with Crippen LogP contribution in [0.2, 0.25) is 0 Å². The van der Waals surface area contributed by atoms with Crippen molar-refractivity contribution < 1.29 is 5.11 Å². The minimum atomic E-state index is -0.534. The molecule has 0 saturated heterocycles. The predicted octanol–water partition coefficient (Wildman–Crippen LogP) is 2.26. The molecular formula is C15H22N2O3. The Kier molecular flexibility index (Phi) is 4.47. The van der Waals surface area contributed by atoms with Gasteiger partial charge in [-0.1, -0.05) is 25.5 Å². The van der Waals surface area contributed by atoms with Crippen molar-refractivity contribution in [2.45, 2.75) is 58.4 Å². The highest BCUT2D eigenvalue weighted by molar-refractivity contribution is 5.25. The molecule has 0 spiro atoms. The summed E-state index contributed by atoms with van der Waals surface area (Å²) in [6, 6.07) is 0. The third-order valence-electron chi connectivity index (χ3n) is 3.83. The van der Waals surface area contributed by atoms with Crippen molar-refractivity contribution >= 4 is 0 Å². The van der Waals surface area contributed by atoms with Crippen LogP contribution in [0.5, 0.6) is 5.88 Å². The lowest BCUT2D eigenvalue weighted by molar-refractivity contribution is 0.388. The van der Waals surface area contributed by atoms with E-state index < -0.39 is 11.2 Å². The van der Waals surface area contributed by atoms with Crippen LogP contribution in [-0.4, -0.2) is 14.7 Å². The van der Waals surface area contributed by atoms with E-state index in [4.69, 9.17) is 0 Å². The molecule has 0 bridgehead atoms. The van der Waals surface area contributed by atoms with Crippen molar-refractivity contribution in [1.82, 2.24) is 9.55 Å². The SMILES string of the molecule is CC(C)c1c(O)n(CCC2=CCCCC2)c(=O)[nH]c1=O. The zero-order valence-electron chi connectivity index (χ0n) is 12.1. The summed E-state index contributed by atoms with van der Waals surface area (Å²) in [4.78, 5) is 25.8. The maximum absolute atomic E-state index is 11.8. The van der Waals surface area contributed by atoms with Crippen LogP contribution in [0.1, 0.15) is 57.4 Å². The quantitative estimate of drug-likeness (QED) is 0.829. The van der Waals surface area contributed by atoms with Gasteiger partial charge in [-0.3, -0.25) is 14.3 Å². The molecule has 5 heteroatoms. The second kappa shape index (κ2) is 6.11. The first-order valence-electron chi connectivity index (χ1n) is 7.24. The van der Waals surface area contributed by atoms with Crippen molar-refractivity contribution in [2.24, 2.45) is 0 Å². The summed E-state index contributed by atoms with van der Waals surface area (Å²) in [7, 11) is 0. The monoisotopic (exact) mass is 278 g/mol. The van der Waals surface area contributed by atoms with Gasteiger partial charge in [-0.15, -0.1) is 0 Å². The van der Waals surface area contributed by atoms with Crippen molar-refractivity contribution in [3.05, 3.63) is 38.1 Å². The van der Waals surface area contributed by atoms with E-state index in [2.05, 4.69) is 11.1 Å². The molecule has 0 saturated carbocycles. The van der Waals surface area contributed by atoms with Crippen LogP contribution in [-0.2, 0) is 6.54 Å². The first-order valence-corrected chi connectivity index (χ1v) is 7.24. The topological polar surface area (TPSA) is 75.1 Å². The lowest BCUT2D eigenvalue weighted by Gasteiger charge is -2.16. The summed E-state index contributed by atoms with van der Waals surface area (Å²) < 4.78 is 1.27. The Morgan fingerprint density at radius 2 is 2.10 bits per heavy atom. The van der Waals surface area contributed by atoms with Crippen molar-refractivity contribution in [3.63, 3.8) is 0 Å². The normalized spacial score (nSPS) is 15.4. The molecule has 5 nitrogen and oxygen atoms in total. The Morgan fingerprint density at radius 3 is 2.70 bits per heavy atom. The number of hydrogen-bond acceptors (Lipinski definition) is 3. The number of aromatic nitrogens is 2. The molecule has 1 heterocycles. The van der Waals surface area contributed by atoms with Crippen molar-refractivity contribution in [1.29, 1.82) is 0 Å². The van der Waals surface area contributed by atoms with Crippen LogP contribution in [0.15, 0.2) is 21.2 Å². The van der Waals surface area contributed by atoms with Gasteiger partial charge in [0.1, 0.15) is 0 Å². The maximum atomic E-state index is 11.8. The first-order chi connectivity index (χ1) is 9.50. The van der Waals surface area contributed by atoms with Gasteiger partial charge in [0.25, 0.3) is 5.56 Å². The zero-order chi connectivity index (χ0) is 14.7. The molecule has 1 aromatic rings. The van der Waals surface area contributed by atoms with Crippen LogP contribution in [0, 0.1) is 0 Å². The molecule has 1 aliphatic rings. The van der Waals surface area contributed by atoms with Crippen LogP contribution < -0.4 is 11.2 Å². The highest BCUT2D eigenvalue weighted by Gasteiger charge is 2.17. The van der Waals surface area contributed by atoms with E-state index >= 15 is 0 Å². The lowest BCUT2D eigenvalue weighted by Crippen LogP contribution is -2.32. The van der Waals surface area contributed by atoms with E-state index in [-0.39, 0.29) is 17.4 Å². The number of H-pyrrole nitrogens is 1. The maximum Gasteiger partial charge on any atom is 0.331 e. The molecule has 0 atom stereocenters. The fourth-order valence-electron chi connectivity index (χ4n) is 2.69. The van der Waals surface area contributed by atoms with Gasteiger partial charge >= 0.3 is 5.69 Å². The highest BCUT2D eigenvalue weighted by Crippen LogP contribution is 2.23. The van der Waals surface area contributed by atoms with Gasteiger partial charge in [0.05, 0.1) is 5.56 Å². The molecule has 1 aliphatic carbocycles. The number of hydrogen-bond donors (Lipinski definition) is 2. The zero-order valence-corrected chi connectivity index (χ0v) is 12.1. The number of rotatable bonds is 4. The number of nitrogens with one attached hydrogen (secondary N) is 1. The fraction of sp³-hybridized carbons (Fsp3) is 0.600. The molecule has 1 aromatic heterocycles. The molecule has 110 valence electrons. The fourth-order valence-corrected chi connectivity index (χ4v) is 2.69. The van der Waals surface area contributed by atoms with Crippen molar-refractivity contribution in [2.75, 3.05) is 0 Å². The molecule has 0 unspecified atom stereocenters. The van der Waals surface area contributed by atoms with Gasteiger partial charge in [0.2, 0.25) is 5.88 Å². The van der Waals surface area contributed by atoms with Gasteiger partial charge in [-0.05, 0) is 38.0 Å². The molecule has 0 amide bonds. The number of allylic oxidation sites excluding steroid dienone is 2. The van der Waals surface area contributed by atoms with E-state index in [0.717, 1.165) is 19.3 Å². The Morgan fingerprint density at radius 1 is 1.35 bits per heavy atom. The summed E-state index contributed by atoms with van der Waals surface area (Å²) in [5.74, 6) is -0.315. The summed E-state index contributed by atoms with van der Waals surface area (Å²) >= 11 is 0. The molecule has 0 aromatic carbocycles. The highest BCUT2D eigenvalue weighted by atomic mass is 16.3. The van der Waals surface area contributed by atoms with Crippen LogP contribution in [0.25, 0.3) is 0 Å². The minimum Gasteiger partial charge on any atom is -0.494 e. The summed E-state index contributed by atoms with van der Waals surface area (Å²) in [6.07, 6.45) is 7.55. The minimum absolute atomic E-state index is 0.125. The van der Waals surface area contributed by atoms with E-state index in [9.17, 15) is 14.7 Å². The third kappa shape index (κ3) is 3.03. The van der Waals surface area contributed by atoms with E-state index in [1.54, 1.807) is 0 Å². The van der Waals surface area contributed by atoms with Gasteiger partial charge < -0.3 is 5.11 Å². The second-order valence-electron chi connectivity index (χ2n) is 5.66. The largest absolute Gasteiger partial charge is 0.494 e. The Bertz CT molecular complexity index is 623. The van der Waals surface area contributed by atoms with Gasteiger partial charge in [0.15, 0.2) is 0 Å². The average molecular weight is 278 g/mol. The molecule has 0 aliphatic heterocycles. The molecule has 2 rings (SSSR count). The summed E-state index contributed by atoms with van der Waals surface area (Å²) in [5.41, 5.74) is 0.589. The number of aromatic amines is 1. The molecule has 0 radical (unpaired) electrons. The standard InChI is InChI=1S/C15H22N2O3/c1-10(2)12-13(18)16-15(20)17(14(12)19)9-8-11-6-4-3-5-7-11/h6,10,19H,3-5,7-9H2,1-2H3,(H,16,18,20). The van der Waals surface area contributed by atoms with E-state index in [1.807, 2.05) is 13.8 Å². The van der Waals surface area contributed by atoms with Crippen LogP contribution in [0.3, 0.4) is 0 Å². The Labute approximate surface area is 118 Å². The van der Waals surface area contributed by atoms with Crippen LogP contribution in [0.4, 0.5) is 0 Å². The van der Waals surface area contributed by atoms with E-state index in [0.29, 0.717) is 6.54 Å². The average Bonchev–Trinajstić information content (AvgIpc) is 2.38. The summed E-state index contributed by atoms with van der Waals surface area (Å²) in [5, 5.41) is 10.2. The van der Waals surface area contributed by atoms with Crippen molar-refractivity contribution in [3.8, 4) is 5.88 Å². The Balaban J connectivity index is 2.27. The number of aromatic hydroxyl groups is 1. The lowest BCUT2D eigenvalue weighted by atomic mass is 9.97. The molecular weight excluding hydrogens is 256 g/mol. The Hall–Kier alpha value is -1.78. The number of nitrogens with zero attached hydrogens (tertiary/aromatic N) is 1. The van der Waals surface area contributed by atoms with Crippen LogP contribution >= 0.6 is 0 Å². The van der Waals surface area contributed by atoms with Gasteiger partial charge in [0, 0.05) is 6.54 Å². The first kappa shape index (κ1) is 14.6. The molecule has 2 N–H and O–H groups in total. The second-order valence-corrected chi connectivity index (χ2v) is 5.66. The van der Waals surface area contributed by atoms with Gasteiger partial charge in [-0.2, -0.15) is 0 Å². The van der Waals surface area contributed by atoms with Gasteiger partial charge in [-0.25, -0.2) is 4.79 Å². The predicted molar refractivity (Wildman–Crippen MR) is 78.2 cm³/mol. The van der Waals surface area contributed by atoms with E-state index in [1.165, 1.54) is 23.0 Å². The third-order valence-corrected chi connectivity index (χ3v) is 3.83. The molecule has 0 fully saturated rings. The summed E-state index contributed by atoms with van der Waals surface area (Å²) in [6.45, 7) is 4.05.